The van der Waals surface area contributed by atoms with Crippen molar-refractivity contribution in [2.24, 2.45) is 0 Å². The van der Waals surface area contributed by atoms with Crippen LogP contribution in [0, 0.1) is 0 Å². The van der Waals surface area contributed by atoms with E-state index in [4.69, 9.17) is 4.74 Å². The molecular formula is C23H24N2O2. The summed E-state index contributed by atoms with van der Waals surface area (Å²) >= 11 is 0. The number of aryl methyl sites for hydroxylation is 1. The van der Waals surface area contributed by atoms with Gasteiger partial charge in [-0.25, -0.2) is 0 Å². The maximum absolute atomic E-state index is 12.5. The number of likely N-dealkylation sites (tertiary alicyclic amines) is 1. The Hall–Kier alpha value is -2.88. The average molecular weight is 360 g/mol. The van der Waals surface area contributed by atoms with E-state index in [-0.39, 0.29) is 12.0 Å². The van der Waals surface area contributed by atoms with Gasteiger partial charge < -0.3 is 9.64 Å². The fourth-order valence-corrected chi connectivity index (χ4v) is 3.63. The average Bonchev–Trinajstić information content (AvgIpc) is 2.74. The van der Waals surface area contributed by atoms with Gasteiger partial charge in [-0.1, -0.05) is 48.5 Å². The molecule has 1 aliphatic heterocycles. The molecule has 0 atom stereocenters. The molecule has 4 nitrogen and oxygen atoms in total. The summed E-state index contributed by atoms with van der Waals surface area (Å²) in [6, 6.07) is 20.2. The van der Waals surface area contributed by atoms with Crippen molar-refractivity contribution in [1.82, 2.24) is 9.88 Å². The van der Waals surface area contributed by atoms with Crippen LogP contribution >= 0.6 is 0 Å². The van der Waals surface area contributed by atoms with Gasteiger partial charge in [-0.15, -0.1) is 0 Å². The van der Waals surface area contributed by atoms with Gasteiger partial charge in [-0.05, 0) is 24.1 Å². The fraction of sp³-hybridized carbons (Fsp3) is 0.304. The maximum Gasteiger partial charge on any atom is 0.222 e. The van der Waals surface area contributed by atoms with E-state index >= 15 is 0 Å². The molecule has 27 heavy (non-hydrogen) atoms. The first-order valence-corrected chi connectivity index (χ1v) is 9.62. The lowest BCUT2D eigenvalue weighted by Crippen LogP contribution is -2.41. The van der Waals surface area contributed by atoms with E-state index in [1.54, 1.807) is 6.20 Å². The van der Waals surface area contributed by atoms with Gasteiger partial charge in [0.2, 0.25) is 5.91 Å². The van der Waals surface area contributed by atoms with Gasteiger partial charge in [0.15, 0.2) is 0 Å². The Morgan fingerprint density at radius 2 is 1.78 bits per heavy atom. The lowest BCUT2D eigenvalue weighted by atomic mass is 10.1. The van der Waals surface area contributed by atoms with E-state index in [1.807, 2.05) is 53.4 Å². The third-order valence-electron chi connectivity index (χ3n) is 5.15. The molecule has 3 aromatic rings. The Kier molecular flexibility index (Phi) is 5.33. The minimum Gasteiger partial charge on any atom is -0.488 e. The van der Waals surface area contributed by atoms with Crippen molar-refractivity contribution < 1.29 is 9.53 Å². The standard InChI is InChI=1S/C23H24N2O2/c26-22(12-11-18-6-2-1-3-7-18)25-16-13-20(14-17-25)27-21-10-4-8-19-9-5-15-24-23(19)21/h1-10,15,20H,11-14,16-17H2. The highest BCUT2D eigenvalue weighted by Gasteiger charge is 2.24. The number of hydrogen-bond donors (Lipinski definition) is 0. The Morgan fingerprint density at radius 3 is 2.59 bits per heavy atom. The number of aromatic nitrogens is 1. The lowest BCUT2D eigenvalue weighted by Gasteiger charge is -2.32. The van der Waals surface area contributed by atoms with Gasteiger partial charge in [0.1, 0.15) is 17.4 Å². The number of piperidine rings is 1. The van der Waals surface area contributed by atoms with Crippen molar-refractivity contribution in [2.45, 2.75) is 31.8 Å². The van der Waals surface area contributed by atoms with Crippen molar-refractivity contribution in [1.29, 1.82) is 0 Å². The lowest BCUT2D eigenvalue weighted by molar-refractivity contribution is -0.132. The van der Waals surface area contributed by atoms with Crippen LogP contribution in [0.4, 0.5) is 0 Å². The summed E-state index contributed by atoms with van der Waals surface area (Å²) in [6.07, 6.45) is 5.03. The molecule has 0 unspecified atom stereocenters. The molecule has 138 valence electrons. The highest BCUT2D eigenvalue weighted by Crippen LogP contribution is 2.26. The maximum atomic E-state index is 12.5. The zero-order valence-electron chi connectivity index (χ0n) is 15.4. The number of pyridine rings is 1. The molecule has 0 bridgehead atoms. The second-order valence-corrected chi connectivity index (χ2v) is 7.01. The smallest absolute Gasteiger partial charge is 0.222 e. The number of hydrogen-bond acceptors (Lipinski definition) is 3. The molecule has 0 aliphatic carbocycles. The third kappa shape index (κ3) is 4.27. The molecule has 1 amide bonds. The van der Waals surface area contributed by atoms with Gasteiger partial charge >= 0.3 is 0 Å². The van der Waals surface area contributed by atoms with Crippen molar-refractivity contribution in [2.75, 3.05) is 13.1 Å². The molecule has 2 heterocycles. The van der Waals surface area contributed by atoms with Crippen LogP contribution in [0.25, 0.3) is 10.9 Å². The van der Waals surface area contributed by atoms with Crippen LogP contribution in [0.1, 0.15) is 24.8 Å². The van der Waals surface area contributed by atoms with E-state index in [9.17, 15) is 4.79 Å². The number of amides is 1. The van der Waals surface area contributed by atoms with E-state index in [1.165, 1.54) is 5.56 Å². The van der Waals surface area contributed by atoms with Gasteiger partial charge in [0, 0.05) is 43.9 Å². The van der Waals surface area contributed by atoms with Gasteiger partial charge in [0.25, 0.3) is 0 Å². The molecule has 1 saturated heterocycles. The molecular weight excluding hydrogens is 336 g/mol. The summed E-state index contributed by atoms with van der Waals surface area (Å²) < 4.78 is 6.23. The number of nitrogens with zero attached hydrogens (tertiary/aromatic N) is 2. The predicted octanol–water partition coefficient (Wildman–Crippen LogP) is 4.24. The summed E-state index contributed by atoms with van der Waals surface area (Å²) in [5.41, 5.74) is 2.12. The molecule has 1 fully saturated rings. The Bertz CT molecular complexity index is 897. The van der Waals surface area contributed by atoms with Crippen LogP contribution in [0.5, 0.6) is 5.75 Å². The quantitative estimate of drug-likeness (QED) is 0.683. The topological polar surface area (TPSA) is 42.4 Å². The van der Waals surface area contributed by atoms with Crippen LogP contribution < -0.4 is 4.74 Å². The Labute approximate surface area is 159 Å². The monoisotopic (exact) mass is 360 g/mol. The van der Waals surface area contributed by atoms with E-state index in [0.717, 1.165) is 49.0 Å². The van der Waals surface area contributed by atoms with E-state index < -0.39 is 0 Å². The molecule has 0 spiro atoms. The van der Waals surface area contributed by atoms with Crippen molar-refractivity contribution in [3.63, 3.8) is 0 Å². The number of rotatable bonds is 5. The van der Waals surface area contributed by atoms with Gasteiger partial charge in [0.05, 0.1) is 0 Å². The molecule has 0 N–H and O–H groups in total. The molecule has 4 rings (SSSR count). The SMILES string of the molecule is O=C(CCc1ccccc1)N1CCC(Oc2cccc3cccnc23)CC1. The second-order valence-electron chi connectivity index (χ2n) is 7.01. The first-order valence-electron chi connectivity index (χ1n) is 9.62. The number of carbonyl (C=O) groups excluding carboxylic acids is 1. The molecule has 2 aromatic carbocycles. The normalized spacial score (nSPS) is 15.0. The Morgan fingerprint density at radius 1 is 1.00 bits per heavy atom. The zero-order chi connectivity index (χ0) is 18.5. The number of ether oxygens (including phenoxy) is 1. The largest absolute Gasteiger partial charge is 0.488 e. The van der Waals surface area contributed by atoms with E-state index in [0.29, 0.717) is 6.42 Å². The molecule has 1 aromatic heterocycles. The van der Waals surface area contributed by atoms with Gasteiger partial charge in [-0.2, -0.15) is 0 Å². The second kappa shape index (κ2) is 8.21. The van der Waals surface area contributed by atoms with Crippen LogP contribution in [-0.2, 0) is 11.2 Å². The van der Waals surface area contributed by atoms with Crippen LogP contribution in [0.15, 0.2) is 66.9 Å². The van der Waals surface area contributed by atoms with E-state index in [2.05, 4.69) is 17.1 Å². The van der Waals surface area contributed by atoms with Crippen molar-refractivity contribution in [3.05, 3.63) is 72.4 Å². The summed E-state index contributed by atoms with van der Waals surface area (Å²) in [5, 5.41) is 1.09. The highest BCUT2D eigenvalue weighted by molar-refractivity contribution is 5.84. The predicted molar refractivity (Wildman–Crippen MR) is 107 cm³/mol. The number of benzene rings is 2. The van der Waals surface area contributed by atoms with Crippen LogP contribution in [-0.4, -0.2) is 35.0 Å². The molecule has 4 heteroatoms. The highest BCUT2D eigenvalue weighted by atomic mass is 16.5. The third-order valence-corrected chi connectivity index (χ3v) is 5.15. The van der Waals surface area contributed by atoms with Crippen LogP contribution in [0.3, 0.4) is 0 Å². The first kappa shape index (κ1) is 17.5. The molecule has 0 saturated carbocycles. The summed E-state index contributed by atoms with van der Waals surface area (Å²) in [7, 11) is 0. The summed E-state index contributed by atoms with van der Waals surface area (Å²) in [5.74, 6) is 1.08. The van der Waals surface area contributed by atoms with Crippen LogP contribution in [0.2, 0.25) is 0 Å². The zero-order valence-corrected chi connectivity index (χ0v) is 15.4. The van der Waals surface area contributed by atoms with Crippen molar-refractivity contribution >= 4 is 16.8 Å². The van der Waals surface area contributed by atoms with Gasteiger partial charge in [-0.3, -0.25) is 9.78 Å². The first-order chi connectivity index (χ1) is 13.3. The number of fused-ring (bicyclic) bond motifs is 1. The number of carbonyl (C=O) groups is 1. The molecule has 1 aliphatic rings. The Balaban J connectivity index is 1.30. The number of para-hydroxylation sites is 1. The fourth-order valence-electron chi connectivity index (χ4n) is 3.63. The minimum atomic E-state index is 0.135. The van der Waals surface area contributed by atoms with Crippen molar-refractivity contribution in [3.8, 4) is 5.75 Å². The summed E-state index contributed by atoms with van der Waals surface area (Å²) in [6.45, 7) is 1.52. The summed E-state index contributed by atoms with van der Waals surface area (Å²) in [4.78, 5) is 18.9. The molecule has 0 radical (unpaired) electrons. The minimum absolute atomic E-state index is 0.135.